The highest BCUT2D eigenvalue weighted by Crippen LogP contribution is 2.61. The Balaban J connectivity index is 1.52. The summed E-state index contributed by atoms with van der Waals surface area (Å²) < 4.78 is 64.5. The predicted octanol–water partition coefficient (Wildman–Crippen LogP) is 4.21. The molecule has 1 aliphatic heterocycles. The smallest absolute Gasteiger partial charge is 0.248 e. The molecule has 42 heavy (non-hydrogen) atoms. The van der Waals surface area contributed by atoms with Crippen LogP contribution in [0.5, 0.6) is 0 Å². The quantitative estimate of drug-likeness (QED) is 0.234. The number of nitrogens with zero attached hydrogens (tertiary/aromatic N) is 4. The lowest BCUT2D eigenvalue weighted by atomic mass is 9.79. The molecule has 0 bridgehead atoms. The first-order valence-corrected chi connectivity index (χ1v) is 15.5. The first kappa shape index (κ1) is 30.9. The van der Waals surface area contributed by atoms with Crippen molar-refractivity contribution in [2.45, 2.75) is 79.8 Å². The van der Waals surface area contributed by atoms with Crippen molar-refractivity contribution in [3.05, 3.63) is 65.1 Å². The van der Waals surface area contributed by atoms with Crippen LogP contribution in [0.1, 0.15) is 53.8 Å². The SMILES string of the molecule is CO[C@H]1C[SH](C(c2ncccc2C)C2(O)CCC(F)(F)CC2)[C@H](CO)[C@H](O)[C@@H]1n1cc(-c2ccc(C)c(F)c2F)nn1. The Morgan fingerprint density at radius 2 is 1.81 bits per heavy atom. The average molecular weight is 613 g/mol. The molecule has 2 aromatic heterocycles. The third-order valence-corrected chi connectivity index (χ3v) is 12.3. The molecule has 5 rings (SSSR count). The number of pyridine rings is 1. The number of aliphatic hydroxyl groups is 3. The maximum Gasteiger partial charge on any atom is 0.248 e. The van der Waals surface area contributed by atoms with Gasteiger partial charge in [0.15, 0.2) is 11.6 Å². The van der Waals surface area contributed by atoms with Crippen LogP contribution in [0.15, 0.2) is 36.7 Å². The zero-order valence-electron chi connectivity index (χ0n) is 23.6. The number of methoxy groups -OCH3 is 1. The van der Waals surface area contributed by atoms with Gasteiger partial charge in [-0.3, -0.25) is 4.98 Å². The Bertz CT molecular complexity index is 1420. The monoisotopic (exact) mass is 612 g/mol. The standard InChI is InChI=1S/C29H36F4N4O4S/c1-16-6-7-18(23(31)22(16)30)19-13-37(36-35-19)25-20(41-3)15-42(21(14-38)26(25)39)27(24-17(2)5-4-12-34-24)28(40)8-10-29(32,33)11-9-28/h4-7,12-13,20-21,25-27,38-40,42H,8-11,14-15H2,1-3H3/t20-,21+,25+,26-,27?/m0/s1. The number of hydrogen-bond donors (Lipinski definition) is 4. The number of alkyl halides is 2. The summed E-state index contributed by atoms with van der Waals surface area (Å²) in [5, 5.41) is 41.0. The zero-order chi connectivity index (χ0) is 30.4. The number of aliphatic hydroxyl groups excluding tert-OH is 2. The van der Waals surface area contributed by atoms with Crippen molar-refractivity contribution in [3.63, 3.8) is 0 Å². The molecule has 0 radical (unpaired) electrons. The molecule has 1 saturated heterocycles. The zero-order valence-corrected chi connectivity index (χ0v) is 24.5. The first-order valence-electron chi connectivity index (χ1n) is 13.9. The van der Waals surface area contributed by atoms with E-state index in [0.717, 1.165) is 5.56 Å². The van der Waals surface area contributed by atoms with Crippen molar-refractivity contribution in [3.8, 4) is 11.3 Å². The van der Waals surface area contributed by atoms with Crippen LogP contribution < -0.4 is 0 Å². The van der Waals surface area contributed by atoms with Gasteiger partial charge in [0.2, 0.25) is 5.92 Å². The lowest BCUT2D eigenvalue weighted by molar-refractivity contribution is -0.105. The molecule has 8 nitrogen and oxygen atoms in total. The van der Waals surface area contributed by atoms with Gasteiger partial charge in [-0.1, -0.05) is 17.3 Å². The highest BCUT2D eigenvalue weighted by Gasteiger charge is 2.54. The van der Waals surface area contributed by atoms with Crippen molar-refractivity contribution in [2.75, 3.05) is 19.5 Å². The van der Waals surface area contributed by atoms with Crippen LogP contribution in [-0.4, -0.2) is 83.7 Å². The van der Waals surface area contributed by atoms with Gasteiger partial charge in [0.1, 0.15) is 11.7 Å². The molecule has 13 heteroatoms. The van der Waals surface area contributed by atoms with Gasteiger partial charge < -0.3 is 20.1 Å². The summed E-state index contributed by atoms with van der Waals surface area (Å²) in [6.07, 6.45) is -0.227. The number of aryl methyl sites for hydroxylation is 2. The molecule has 1 aromatic carbocycles. The Labute approximate surface area is 244 Å². The second-order valence-corrected chi connectivity index (χ2v) is 14.0. The van der Waals surface area contributed by atoms with Crippen LogP contribution in [0, 0.1) is 25.5 Å². The molecule has 1 saturated carbocycles. The minimum absolute atomic E-state index is 0.0567. The summed E-state index contributed by atoms with van der Waals surface area (Å²) in [5.41, 5.74) is -0.0987. The topological polar surface area (TPSA) is 114 Å². The molecule has 3 aromatic rings. The van der Waals surface area contributed by atoms with Crippen LogP contribution in [-0.2, 0) is 4.74 Å². The lowest BCUT2D eigenvalue weighted by Crippen LogP contribution is -2.54. The van der Waals surface area contributed by atoms with Gasteiger partial charge in [0.05, 0.1) is 41.6 Å². The first-order chi connectivity index (χ1) is 19.9. The number of rotatable bonds is 7. The molecule has 2 unspecified atom stereocenters. The Kier molecular flexibility index (Phi) is 8.70. The summed E-state index contributed by atoms with van der Waals surface area (Å²) in [7, 11) is -0.0394. The molecule has 2 aliphatic rings. The Hall–Kier alpha value is -2.58. The van der Waals surface area contributed by atoms with E-state index in [0.29, 0.717) is 5.69 Å². The van der Waals surface area contributed by atoms with Crippen molar-refractivity contribution in [1.29, 1.82) is 0 Å². The molecule has 3 heterocycles. The van der Waals surface area contributed by atoms with Crippen LogP contribution in [0.4, 0.5) is 17.6 Å². The van der Waals surface area contributed by atoms with Crippen molar-refractivity contribution in [1.82, 2.24) is 20.0 Å². The maximum absolute atomic E-state index is 14.7. The van der Waals surface area contributed by atoms with E-state index >= 15 is 0 Å². The third kappa shape index (κ3) is 5.57. The van der Waals surface area contributed by atoms with E-state index < -0.39 is 82.3 Å². The van der Waals surface area contributed by atoms with Gasteiger partial charge >= 0.3 is 0 Å². The molecule has 0 spiro atoms. The number of thiol groups is 1. The fraction of sp³-hybridized carbons (Fsp3) is 0.552. The number of halogens is 4. The Morgan fingerprint density at radius 3 is 2.45 bits per heavy atom. The molecule has 1 aliphatic carbocycles. The lowest BCUT2D eigenvalue weighted by Gasteiger charge is -2.53. The highest BCUT2D eigenvalue weighted by atomic mass is 32.2. The van der Waals surface area contributed by atoms with Gasteiger partial charge in [-0.25, -0.2) is 33.1 Å². The molecular formula is C29H36F4N4O4S. The summed E-state index contributed by atoms with van der Waals surface area (Å²) in [6, 6.07) is 5.56. The van der Waals surface area contributed by atoms with Crippen LogP contribution in [0.3, 0.4) is 0 Å². The summed E-state index contributed by atoms with van der Waals surface area (Å²) in [5.74, 6) is -4.65. The van der Waals surface area contributed by atoms with Crippen molar-refractivity contribution in [2.24, 2.45) is 0 Å². The van der Waals surface area contributed by atoms with Gasteiger partial charge in [-0.15, -0.1) is 5.10 Å². The summed E-state index contributed by atoms with van der Waals surface area (Å²) in [6.45, 7) is 2.83. The average Bonchev–Trinajstić information content (AvgIpc) is 3.44. The molecule has 230 valence electrons. The fourth-order valence-corrected chi connectivity index (χ4v) is 10.2. The van der Waals surface area contributed by atoms with Crippen LogP contribution in [0.2, 0.25) is 0 Å². The van der Waals surface area contributed by atoms with E-state index in [4.69, 9.17) is 4.74 Å². The molecule has 2 fully saturated rings. The van der Waals surface area contributed by atoms with E-state index in [1.54, 1.807) is 12.3 Å². The fourth-order valence-electron chi connectivity index (χ4n) is 6.36. The molecular weight excluding hydrogens is 576 g/mol. The number of hydrogen-bond acceptors (Lipinski definition) is 7. The Morgan fingerprint density at radius 1 is 1.10 bits per heavy atom. The van der Waals surface area contributed by atoms with Crippen LogP contribution in [0.25, 0.3) is 11.3 Å². The van der Waals surface area contributed by atoms with E-state index in [1.165, 1.54) is 37.0 Å². The van der Waals surface area contributed by atoms with Crippen molar-refractivity contribution >= 4 is 10.9 Å². The van der Waals surface area contributed by atoms with Crippen LogP contribution >= 0.6 is 10.9 Å². The van der Waals surface area contributed by atoms with E-state index in [-0.39, 0.29) is 35.4 Å². The molecule has 0 amide bonds. The normalized spacial score (nSPS) is 28.9. The van der Waals surface area contributed by atoms with Gasteiger partial charge in [0.25, 0.3) is 0 Å². The van der Waals surface area contributed by atoms with E-state index in [1.807, 2.05) is 13.0 Å². The third-order valence-electron chi connectivity index (χ3n) is 8.80. The minimum atomic E-state index is -2.88. The van der Waals surface area contributed by atoms with Gasteiger partial charge in [-0.2, -0.15) is 0 Å². The predicted molar refractivity (Wildman–Crippen MR) is 151 cm³/mol. The summed E-state index contributed by atoms with van der Waals surface area (Å²) >= 11 is 0. The largest absolute Gasteiger partial charge is 0.395 e. The highest BCUT2D eigenvalue weighted by molar-refractivity contribution is 8.18. The van der Waals surface area contributed by atoms with Gasteiger partial charge in [-0.05, 0) is 49.9 Å². The van der Waals surface area contributed by atoms with Crippen molar-refractivity contribution < 1.29 is 37.6 Å². The second-order valence-electron chi connectivity index (χ2n) is 11.4. The minimum Gasteiger partial charge on any atom is -0.395 e. The maximum atomic E-state index is 14.7. The number of ether oxygens (including phenoxy) is 1. The number of benzene rings is 1. The number of aromatic nitrogens is 4. The van der Waals surface area contributed by atoms with E-state index in [9.17, 15) is 32.9 Å². The molecule has 6 atom stereocenters. The summed E-state index contributed by atoms with van der Waals surface area (Å²) in [4.78, 5) is 4.56. The molecule has 3 N–H and O–H groups in total. The van der Waals surface area contributed by atoms with Gasteiger partial charge in [0, 0.05) is 42.7 Å². The van der Waals surface area contributed by atoms with E-state index in [2.05, 4.69) is 15.3 Å². The second kappa shape index (κ2) is 11.8.